The van der Waals surface area contributed by atoms with E-state index in [1.807, 2.05) is 11.3 Å². The monoisotopic (exact) mass is 398 g/mol. The Hall–Kier alpha value is -1.66. The summed E-state index contributed by atoms with van der Waals surface area (Å²) in [4.78, 5) is 16.7. The first kappa shape index (κ1) is 18.4. The maximum Gasteiger partial charge on any atom is 0.227 e. The molecule has 0 N–H and O–H groups in total. The van der Waals surface area contributed by atoms with Crippen molar-refractivity contribution in [3.05, 3.63) is 33.1 Å². The number of fused-ring (bicyclic) bond motifs is 2. The molecule has 2 aromatic rings. The smallest absolute Gasteiger partial charge is 0.227 e. The number of thiophene rings is 1. The molecular formula is C22H30N4OS. The molecule has 0 radical (unpaired) electrons. The van der Waals surface area contributed by atoms with Crippen LogP contribution < -0.4 is 9.80 Å². The lowest BCUT2D eigenvalue weighted by Gasteiger charge is -2.33. The summed E-state index contributed by atoms with van der Waals surface area (Å²) in [5.41, 5.74) is 4.24. The van der Waals surface area contributed by atoms with E-state index in [-0.39, 0.29) is 0 Å². The summed E-state index contributed by atoms with van der Waals surface area (Å²) >= 11 is 1.89. The molecule has 0 saturated carbocycles. The molecule has 1 aliphatic carbocycles. The molecule has 0 bridgehead atoms. The second-order valence-electron chi connectivity index (χ2n) is 8.72. The molecule has 28 heavy (non-hydrogen) atoms. The first-order chi connectivity index (χ1) is 13.7. The van der Waals surface area contributed by atoms with E-state index in [0.29, 0.717) is 11.8 Å². The first-order valence-corrected chi connectivity index (χ1v) is 11.5. The lowest BCUT2D eigenvalue weighted by molar-refractivity contribution is 0.161. The van der Waals surface area contributed by atoms with Gasteiger partial charge in [0.2, 0.25) is 5.95 Å². The zero-order valence-electron chi connectivity index (χ0n) is 17.0. The van der Waals surface area contributed by atoms with E-state index in [1.165, 1.54) is 40.4 Å². The molecule has 1 fully saturated rings. The molecule has 5 rings (SSSR count). The van der Waals surface area contributed by atoms with Gasteiger partial charge in [0.05, 0.1) is 18.8 Å². The van der Waals surface area contributed by atoms with Crippen LogP contribution in [0.3, 0.4) is 0 Å². The summed E-state index contributed by atoms with van der Waals surface area (Å²) in [6, 6.07) is 2.29. The second kappa shape index (κ2) is 7.64. The molecule has 1 saturated heterocycles. The van der Waals surface area contributed by atoms with E-state index < -0.39 is 0 Å². The van der Waals surface area contributed by atoms with E-state index >= 15 is 0 Å². The molecule has 1 unspecified atom stereocenters. The van der Waals surface area contributed by atoms with Crippen LogP contribution in [0.15, 0.2) is 11.4 Å². The highest BCUT2D eigenvalue weighted by molar-refractivity contribution is 7.10. The molecule has 2 aliphatic heterocycles. The van der Waals surface area contributed by atoms with Gasteiger partial charge in [-0.15, -0.1) is 11.3 Å². The second-order valence-corrected chi connectivity index (χ2v) is 9.72. The van der Waals surface area contributed by atoms with E-state index in [4.69, 9.17) is 14.7 Å². The van der Waals surface area contributed by atoms with Crippen molar-refractivity contribution < 1.29 is 4.74 Å². The highest BCUT2D eigenvalue weighted by Gasteiger charge is 2.30. The summed E-state index contributed by atoms with van der Waals surface area (Å²) in [5.74, 6) is 3.46. The Labute approximate surface area is 171 Å². The van der Waals surface area contributed by atoms with Crippen molar-refractivity contribution in [3.63, 3.8) is 0 Å². The van der Waals surface area contributed by atoms with E-state index in [1.54, 1.807) is 7.11 Å². The Morgan fingerprint density at radius 3 is 3.00 bits per heavy atom. The summed E-state index contributed by atoms with van der Waals surface area (Å²) < 4.78 is 5.38. The van der Waals surface area contributed by atoms with Crippen LogP contribution in [0, 0.1) is 11.8 Å². The maximum atomic E-state index is 5.38. The van der Waals surface area contributed by atoms with Gasteiger partial charge in [0.1, 0.15) is 5.82 Å². The third-order valence-electron chi connectivity index (χ3n) is 6.58. The van der Waals surface area contributed by atoms with Gasteiger partial charge in [-0.25, -0.2) is 4.98 Å². The lowest BCUT2D eigenvalue weighted by atomic mass is 9.88. The van der Waals surface area contributed by atoms with Gasteiger partial charge in [0.25, 0.3) is 0 Å². The average molecular weight is 399 g/mol. The number of methoxy groups -OCH3 is 1. The minimum atomic E-state index is 0.593. The topological polar surface area (TPSA) is 41.5 Å². The minimum Gasteiger partial charge on any atom is -0.384 e. The number of hydrogen-bond acceptors (Lipinski definition) is 6. The Kier molecular flexibility index (Phi) is 5.01. The molecule has 0 amide bonds. The van der Waals surface area contributed by atoms with Crippen LogP contribution in [0.2, 0.25) is 0 Å². The largest absolute Gasteiger partial charge is 0.384 e. The summed E-state index contributed by atoms with van der Waals surface area (Å²) in [7, 11) is 1.80. The van der Waals surface area contributed by atoms with Crippen molar-refractivity contribution in [2.75, 3.05) is 43.2 Å². The average Bonchev–Trinajstić information content (AvgIpc) is 3.36. The predicted molar refractivity (Wildman–Crippen MR) is 114 cm³/mol. The molecule has 2 aromatic heterocycles. The Morgan fingerprint density at radius 2 is 2.11 bits per heavy atom. The minimum absolute atomic E-state index is 0.593. The SMILES string of the molecule is COC[C@H]1CCN(c2nc3c(c(N4CCc5ccsc5C4)n2)CCC(C)C3)C1. The van der Waals surface area contributed by atoms with Gasteiger partial charge < -0.3 is 14.5 Å². The Balaban J connectivity index is 1.48. The van der Waals surface area contributed by atoms with Crippen LogP contribution >= 0.6 is 11.3 Å². The fraction of sp³-hybridized carbons (Fsp3) is 0.636. The van der Waals surface area contributed by atoms with Crippen LogP contribution in [0.5, 0.6) is 0 Å². The molecule has 3 aliphatic rings. The number of aromatic nitrogens is 2. The molecule has 150 valence electrons. The van der Waals surface area contributed by atoms with Crippen molar-refractivity contribution >= 4 is 23.1 Å². The quantitative estimate of drug-likeness (QED) is 0.786. The van der Waals surface area contributed by atoms with Gasteiger partial charge in [0.15, 0.2) is 0 Å². The van der Waals surface area contributed by atoms with Crippen LogP contribution in [-0.4, -0.2) is 43.3 Å². The number of nitrogens with zero attached hydrogens (tertiary/aromatic N) is 4. The zero-order valence-corrected chi connectivity index (χ0v) is 17.8. The van der Waals surface area contributed by atoms with Crippen molar-refractivity contribution in [1.29, 1.82) is 0 Å². The van der Waals surface area contributed by atoms with Crippen molar-refractivity contribution in [2.45, 2.75) is 45.6 Å². The highest BCUT2D eigenvalue weighted by atomic mass is 32.1. The maximum absolute atomic E-state index is 5.38. The van der Waals surface area contributed by atoms with Gasteiger partial charge in [0, 0.05) is 43.1 Å². The first-order valence-electron chi connectivity index (χ1n) is 10.6. The van der Waals surface area contributed by atoms with Crippen molar-refractivity contribution in [2.24, 2.45) is 11.8 Å². The molecule has 6 heteroatoms. The zero-order chi connectivity index (χ0) is 19.1. The summed E-state index contributed by atoms with van der Waals surface area (Å²) in [6.07, 6.45) is 5.75. The van der Waals surface area contributed by atoms with Gasteiger partial charge in [-0.1, -0.05) is 6.92 Å². The van der Waals surface area contributed by atoms with Gasteiger partial charge in [-0.2, -0.15) is 4.98 Å². The molecule has 0 spiro atoms. The van der Waals surface area contributed by atoms with Crippen LogP contribution in [0.4, 0.5) is 11.8 Å². The third kappa shape index (κ3) is 3.41. The fourth-order valence-electron chi connectivity index (χ4n) is 4.96. The normalized spacial score (nSPS) is 24.4. The van der Waals surface area contributed by atoms with Crippen LogP contribution in [-0.2, 0) is 30.5 Å². The molecular weight excluding hydrogens is 368 g/mol. The molecule has 4 heterocycles. The Morgan fingerprint density at radius 1 is 1.18 bits per heavy atom. The third-order valence-corrected chi connectivity index (χ3v) is 7.53. The van der Waals surface area contributed by atoms with Gasteiger partial charge >= 0.3 is 0 Å². The number of rotatable bonds is 4. The van der Waals surface area contributed by atoms with Crippen LogP contribution in [0.25, 0.3) is 0 Å². The lowest BCUT2D eigenvalue weighted by Crippen LogP contribution is -2.33. The number of ether oxygens (including phenoxy) is 1. The number of anilines is 2. The van der Waals surface area contributed by atoms with E-state index in [0.717, 1.165) is 58.0 Å². The molecule has 5 nitrogen and oxygen atoms in total. The predicted octanol–water partition coefficient (Wildman–Crippen LogP) is 3.70. The standard InChI is InChI=1S/C22H30N4OS/c1-15-3-4-18-19(11-15)23-22(26-8-5-16(12-26)14-27-2)24-21(18)25-9-6-17-7-10-28-20(17)13-25/h7,10,15-16H,3-6,8-9,11-14H2,1-2H3/t15?,16-/m0/s1. The fourth-order valence-corrected chi connectivity index (χ4v) is 5.91. The van der Waals surface area contributed by atoms with Gasteiger partial charge in [-0.3, -0.25) is 0 Å². The Bertz CT molecular complexity index is 851. The van der Waals surface area contributed by atoms with E-state index in [2.05, 4.69) is 28.2 Å². The summed E-state index contributed by atoms with van der Waals surface area (Å²) in [5, 5.41) is 2.23. The van der Waals surface area contributed by atoms with Crippen LogP contribution in [0.1, 0.15) is 41.5 Å². The van der Waals surface area contributed by atoms with Crippen molar-refractivity contribution in [1.82, 2.24) is 9.97 Å². The molecule has 0 aromatic carbocycles. The van der Waals surface area contributed by atoms with E-state index in [9.17, 15) is 0 Å². The van der Waals surface area contributed by atoms with Gasteiger partial charge in [-0.05, 0) is 55.0 Å². The summed E-state index contributed by atoms with van der Waals surface area (Å²) in [6.45, 7) is 7.30. The number of hydrogen-bond donors (Lipinski definition) is 0. The molecule has 2 atom stereocenters. The highest BCUT2D eigenvalue weighted by Crippen LogP contribution is 2.36. The van der Waals surface area contributed by atoms with Crippen molar-refractivity contribution in [3.8, 4) is 0 Å².